The Bertz CT molecular complexity index is 2860. The van der Waals surface area contributed by atoms with Gasteiger partial charge in [-0.25, -0.2) is 15.0 Å². The first-order chi connectivity index (χ1) is 24.7. The third-order valence-corrected chi connectivity index (χ3v) is 10.5. The van der Waals surface area contributed by atoms with Crippen molar-refractivity contribution in [2.24, 2.45) is 0 Å². The van der Waals surface area contributed by atoms with Crippen molar-refractivity contribution in [2.75, 3.05) is 0 Å². The standard InChI is InChI=1S/C45H27N3OS/c1-3-9-28(10-4-1)29-15-17-31(18-16-29)44-46-43(30-11-5-2-6-12-30)47-45(48-44)34-20-23-37-36-22-19-33(26-41(36)50-42(37)27-34)32-21-24-40-38(25-32)35-13-7-8-14-39(35)49-40/h1-27H. The number of aromatic nitrogens is 3. The van der Waals surface area contributed by atoms with Crippen molar-refractivity contribution < 1.29 is 4.42 Å². The number of fused-ring (bicyclic) bond motifs is 6. The van der Waals surface area contributed by atoms with Crippen molar-refractivity contribution in [1.29, 1.82) is 0 Å². The Hall–Kier alpha value is -6.43. The summed E-state index contributed by atoms with van der Waals surface area (Å²) in [5.41, 5.74) is 9.37. The van der Waals surface area contributed by atoms with Crippen molar-refractivity contribution >= 4 is 53.4 Å². The van der Waals surface area contributed by atoms with Gasteiger partial charge in [-0.1, -0.05) is 133 Å². The number of thiophene rings is 1. The molecule has 4 nitrogen and oxygen atoms in total. The number of benzene rings is 7. The van der Waals surface area contributed by atoms with Crippen LogP contribution in [0.15, 0.2) is 168 Å². The Kier molecular flexibility index (Phi) is 6.64. The number of nitrogens with zero attached hydrogens (tertiary/aromatic N) is 3. The molecule has 10 aromatic rings. The first-order valence-corrected chi connectivity index (χ1v) is 17.4. The van der Waals surface area contributed by atoms with Gasteiger partial charge in [-0.3, -0.25) is 0 Å². The summed E-state index contributed by atoms with van der Waals surface area (Å²) in [6.45, 7) is 0. The Balaban J connectivity index is 1.05. The smallest absolute Gasteiger partial charge is 0.164 e. The van der Waals surface area contributed by atoms with Gasteiger partial charge in [-0.2, -0.15) is 0 Å². The molecule has 0 saturated carbocycles. The molecule has 0 atom stereocenters. The van der Waals surface area contributed by atoms with Crippen LogP contribution < -0.4 is 0 Å². The number of rotatable bonds is 5. The topological polar surface area (TPSA) is 51.8 Å². The van der Waals surface area contributed by atoms with Crippen LogP contribution in [0, 0.1) is 0 Å². The molecule has 10 rings (SSSR count). The molecule has 50 heavy (non-hydrogen) atoms. The average Bonchev–Trinajstić information content (AvgIpc) is 3.75. The summed E-state index contributed by atoms with van der Waals surface area (Å²) in [5.74, 6) is 1.96. The normalized spacial score (nSPS) is 11.6. The quantitative estimate of drug-likeness (QED) is 0.185. The maximum Gasteiger partial charge on any atom is 0.164 e. The molecule has 0 saturated heterocycles. The molecule has 3 aromatic heterocycles. The van der Waals surface area contributed by atoms with Gasteiger partial charge >= 0.3 is 0 Å². The first kappa shape index (κ1) is 28.6. The van der Waals surface area contributed by atoms with Crippen LogP contribution >= 0.6 is 11.3 Å². The van der Waals surface area contributed by atoms with Crippen molar-refractivity contribution in [1.82, 2.24) is 15.0 Å². The summed E-state index contributed by atoms with van der Waals surface area (Å²) < 4.78 is 8.51. The van der Waals surface area contributed by atoms with Gasteiger partial charge in [-0.15, -0.1) is 11.3 Å². The van der Waals surface area contributed by atoms with Crippen LogP contribution in [0.25, 0.3) is 98.5 Å². The molecule has 7 aromatic carbocycles. The van der Waals surface area contributed by atoms with Crippen LogP contribution in [0.4, 0.5) is 0 Å². The third-order valence-electron chi connectivity index (χ3n) is 9.36. The minimum Gasteiger partial charge on any atom is -0.456 e. The van der Waals surface area contributed by atoms with Crippen LogP contribution in [0.3, 0.4) is 0 Å². The van der Waals surface area contributed by atoms with Crippen molar-refractivity contribution in [3.63, 3.8) is 0 Å². The molecular formula is C45H27N3OS. The second-order valence-electron chi connectivity index (χ2n) is 12.4. The molecule has 0 aliphatic carbocycles. The van der Waals surface area contributed by atoms with E-state index in [0.717, 1.165) is 44.2 Å². The second kappa shape index (κ2) is 11.6. The zero-order valence-corrected chi connectivity index (χ0v) is 27.6. The SMILES string of the molecule is c1ccc(-c2ccc(-c3nc(-c4ccccc4)nc(-c4ccc5c(c4)sc4cc(-c6ccc7oc8ccccc8c7c6)ccc45)n3)cc2)cc1. The number of furan rings is 1. The van der Waals surface area contributed by atoms with E-state index >= 15 is 0 Å². The lowest BCUT2D eigenvalue weighted by atomic mass is 10.0. The Morgan fingerprint density at radius 2 is 0.780 bits per heavy atom. The maximum atomic E-state index is 6.08. The molecular weight excluding hydrogens is 631 g/mol. The lowest BCUT2D eigenvalue weighted by Crippen LogP contribution is -2.00. The van der Waals surface area contributed by atoms with Crippen LogP contribution in [0.5, 0.6) is 0 Å². The Morgan fingerprint density at radius 3 is 1.50 bits per heavy atom. The van der Waals surface area contributed by atoms with E-state index in [1.807, 2.05) is 48.5 Å². The highest BCUT2D eigenvalue weighted by molar-refractivity contribution is 7.25. The van der Waals surface area contributed by atoms with E-state index in [-0.39, 0.29) is 0 Å². The van der Waals surface area contributed by atoms with Crippen LogP contribution in [-0.2, 0) is 0 Å². The molecule has 0 aliphatic rings. The maximum absolute atomic E-state index is 6.08. The van der Waals surface area contributed by atoms with Gasteiger partial charge in [-0.05, 0) is 52.6 Å². The summed E-state index contributed by atoms with van der Waals surface area (Å²) in [6.07, 6.45) is 0. The van der Waals surface area contributed by atoms with E-state index in [9.17, 15) is 0 Å². The predicted molar refractivity (Wildman–Crippen MR) is 207 cm³/mol. The van der Waals surface area contributed by atoms with E-state index in [4.69, 9.17) is 19.4 Å². The van der Waals surface area contributed by atoms with E-state index < -0.39 is 0 Å². The van der Waals surface area contributed by atoms with Gasteiger partial charge in [0.15, 0.2) is 17.5 Å². The Labute approximate surface area is 292 Å². The van der Waals surface area contributed by atoms with Crippen LogP contribution in [0.2, 0.25) is 0 Å². The molecule has 0 amide bonds. The average molecular weight is 658 g/mol. The summed E-state index contributed by atoms with van der Waals surface area (Å²) in [7, 11) is 0. The lowest BCUT2D eigenvalue weighted by Gasteiger charge is -2.09. The zero-order valence-electron chi connectivity index (χ0n) is 26.7. The van der Waals surface area contributed by atoms with Crippen molar-refractivity contribution in [2.45, 2.75) is 0 Å². The van der Waals surface area contributed by atoms with Gasteiger partial charge in [0.1, 0.15) is 11.2 Å². The second-order valence-corrected chi connectivity index (χ2v) is 13.5. The van der Waals surface area contributed by atoms with Crippen molar-refractivity contribution in [3.05, 3.63) is 164 Å². The fourth-order valence-electron chi connectivity index (χ4n) is 6.79. The fourth-order valence-corrected chi connectivity index (χ4v) is 7.98. The lowest BCUT2D eigenvalue weighted by molar-refractivity contribution is 0.669. The number of hydrogen-bond donors (Lipinski definition) is 0. The third kappa shape index (κ3) is 4.95. The summed E-state index contributed by atoms with van der Waals surface area (Å²) in [4.78, 5) is 15.0. The van der Waals surface area contributed by atoms with Gasteiger partial charge in [0.2, 0.25) is 0 Å². The predicted octanol–water partition coefficient (Wildman–Crippen LogP) is 12.5. The molecule has 0 bridgehead atoms. The molecule has 234 valence electrons. The highest BCUT2D eigenvalue weighted by Crippen LogP contribution is 2.39. The molecule has 3 heterocycles. The van der Waals surface area contributed by atoms with E-state index in [1.54, 1.807) is 11.3 Å². The number of para-hydroxylation sites is 1. The van der Waals surface area contributed by atoms with E-state index in [2.05, 4.69) is 115 Å². The summed E-state index contributed by atoms with van der Waals surface area (Å²) in [6, 6.07) is 57.0. The molecule has 0 aliphatic heterocycles. The zero-order chi connectivity index (χ0) is 33.0. The minimum atomic E-state index is 0.650. The highest BCUT2D eigenvalue weighted by atomic mass is 32.1. The first-order valence-electron chi connectivity index (χ1n) is 16.6. The minimum absolute atomic E-state index is 0.650. The summed E-state index contributed by atoms with van der Waals surface area (Å²) >= 11 is 1.80. The fraction of sp³-hybridized carbons (Fsp3) is 0. The van der Waals surface area contributed by atoms with E-state index in [0.29, 0.717) is 17.5 Å². The van der Waals surface area contributed by atoms with E-state index in [1.165, 1.54) is 36.9 Å². The molecule has 0 N–H and O–H groups in total. The molecule has 0 spiro atoms. The van der Waals surface area contributed by atoms with Crippen LogP contribution in [-0.4, -0.2) is 15.0 Å². The number of hydrogen-bond acceptors (Lipinski definition) is 5. The van der Waals surface area contributed by atoms with Gasteiger partial charge in [0.25, 0.3) is 0 Å². The van der Waals surface area contributed by atoms with Crippen molar-refractivity contribution in [3.8, 4) is 56.4 Å². The van der Waals surface area contributed by atoms with Gasteiger partial charge < -0.3 is 4.42 Å². The molecule has 5 heteroatoms. The van der Waals surface area contributed by atoms with Gasteiger partial charge in [0.05, 0.1) is 0 Å². The highest BCUT2D eigenvalue weighted by Gasteiger charge is 2.15. The van der Waals surface area contributed by atoms with Crippen LogP contribution in [0.1, 0.15) is 0 Å². The summed E-state index contributed by atoms with van der Waals surface area (Å²) in [5, 5.41) is 4.75. The Morgan fingerprint density at radius 1 is 0.320 bits per heavy atom. The molecule has 0 radical (unpaired) electrons. The molecule has 0 fully saturated rings. The largest absolute Gasteiger partial charge is 0.456 e. The van der Waals surface area contributed by atoms with Gasteiger partial charge in [0, 0.05) is 47.6 Å². The monoisotopic (exact) mass is 657 g/mol. The molecule has 0 unspecified atom stereocenters.